The van der Waals surface area contributed by atoms with Gasteiger partial charge >= 0.3 is 0 Å². The van der Waals surface area contributed by atoms with Crippen molar-refractivity contribution >= 4 is 17.6 Å². The highest BCUT2D eigenvalue weighted by atomic mass is 16.5. The summed E-state index contributed by atoms with van der Waals surface area (Å²) >= 11 is 0. The molecular weight excluding hydrogens is 464 g/mol. The molecular formula is C30H42N4O3. The van der Waals surface area contributed by atoms with Crippen LogP contribution in [0.5, 0.6) is 11.5 Å². The molecule has 0 bridgehead atoms. The van der Waals surface area contributed by atoms with Gasteiger partial charge < -0.3 is 20.5 Å². The molecule has 2 heterocycles. The van der Waals surface area contributed by atoms with E-state index in [9.17, 15) is 4.79 Å². The van der Waals surface area contributed by atoms with E-state index in [-0.39, 0.29) is 24.0 Å². The predicted octanol–water partition coefficient (Wildman–Crippen LogP) is 5.80. The maximum atomic E-state index is 13.1. The SMILES string of the molecule is C=C(NC1c2ccccc2OC1C)c1ccc(OCC)c(CN2C(=O)CC(CC)(CC)N=C2N)c1.CC. The molecule has 0 fully saturated rings. The standard InChI is InChI=1S/C28H36N4O3.C2H6/c1-6-28(7-2)16-25(33)32(27(29)31-28)17-21-15-20(13-14-23(21)34-8-3)18(4)30-26-19(5)35-24-12-10-9-11-22(24)26;1-2/h9-15,19,26,30H,4,6-8,16-17H2,1-3,5H3,(H2,29,31);1-2H3. The third kappa shape index (κ3) is 5.92. The van der Waals surface area contributed by atoms with Crippen LogP contribution in [-0.2, 0) is 11.3 Å². The molecule has 200 valence electrons. The molecule has 7 nitrogen and oxygen atoms in total. The summed E-state index contributed by atoms with van der Waals surface area (Å²) in [5.74, 6) is 1.87. The number of nitrogens with zero attached hydrogens (tertiary/aromatic N) is 2. The first-order valence-corrected chi connectivity index (χ1v) is 13.4. The fourth-order valence-electron chi connectivity index (χ4n) is 4.86. The van der Waals surface area contributed by atoms with Crippen LogP contribution in [0.1, 0.15) is 83.5 Å². The summed E-state index contributed by atoms with van der Waals surface area (Å²) in [6.07, 6.45) is 1.89. The topological polar surface area (TPSA) is 89.2 Å². The second-order valence-corrected chi connectivity index (χ2v) is 9.27. The molecule has 3 N–H and O–H groups in total. The number of para-hydroxylation sites is 1. The van der Waals surface area contributed by atoms with E-state index in [1.165, 1.54) is 0 Å². The molecule has 0 radical (unpaired) electrons. The number of carbonyl (C=O) groups is 1. The molecule has 2 aliphatic heterocycles. The van der Waals surface area contributed by atoms with Crippen LogP contribution in [0.25, 0.3) is 5.70 Å². The minimum atomic E-state index is -0.406. The van der Waals surface area contributed by atoms with Crippen molar-refractivity contribution in [3.8, 4) is 11.5 Å². The zero-order valence-electron chi connectivity index (χ0n) is 23.1. The predicted molar refractivity (Wildman–Crippen MR) is 151 cm³/mol. The number of nitrogens with one attached hydrogen (secondary N) is 1. The fraction of sp³-hybridized carbons (Fsp3) is 0.467. The van der Waals surface area contributed by atoms with Gasteiger partial charge in [-0.05, 0) is 56.5 Å². The van der Waals surface area contributed by atoms with Gasteiger partial charge in [0.05, 0.1) is 31.2 Å². The van der Waals surface area contributed by atoms with Crippen LogP contribution in [0, 0.1) is 0 Å². The molecule has 0 saturated heterocycles. The second kappa shape index (κ2) is 12.2. The van der Waals surface area contributed by atoms with Crippen molar-refractivity contribution in [3.05, 3.63) is 65.7 Å². The maximum absolute atomic E-state index is 13.1. The van der Waals surface area contributed by atoms with Crippen molar-refractivity contribution in [1.82, 2.24) is 10.2 Å². The van der Waals surface area contributed by atoms with Crippen molar-refractivity contribution in [2.75, 3.05) is 6.61 Å². The van der Waals surface area contributed by atoms with Crippen LogP contribution in [-0.4, -0.2) is 35.0 Å². The number of aliphatic imine (C=N–C) groups is 1. The van der Waals surface area contributed by atoms with Gasteiger partial charge in [0, 0.05) is 16.8 Å². The zero-order chi connectivity index (χ0) is 27.2. The van der Waals surface area contributed by atoms with Gasteiger partial charge in [0.1, 0.15) is 17.6 Å². The van der Waals surface area contributed by atoms with E-state index in [1.54, 1.807) is 4.90 Å². The molecule has 4 rings (SSSR count). The van der Waals surface area contributed by atoms with Crippen molar-refractivity contribution in [2.24, 2.45) is 10.7 Å². The highest BCUT2D eigenvalue weighted by Crippen LogP contribution is 2.38. The van der Waals surface area contributed by atoms with Crippen LogP contribution in [0.3, 0.4) is 0 Å². The Kier molecular flexibility index (Phi) is 9.24. The van der Waals surface area contributed by atoms with Crippen LogP contribution in [0.15, 0.2) is 54.0 Å². The summed E-state index contributed by atoms with van der Waals surface area (Å²) in [6.45, 7) is 17.2. The number of hydrogen-bond acceptors (Lipinski definition) is 6. The third-order valence-electron chi connectivity index (χ3n) is 7.13. The second-order valence-electron chi connectivity index (χ2n) is 9.27. The summed E-state index contributed by atoms with van der Waals surface area (Å²) in [6, 6.07) is 14.0. The Morgan fingerprint density at radius 2 is 1.92 bits per heavy atom. The van der Waals surface area contributed by atoms with E-state index in [1.807, 2.05) is 77.9 Å². The van der Waals surface area contributed by atoms with Crippen LogP contribution < -0.4 is 20.5 Å². The van der Waals surface area contributed by atoms with Crippen LogP contribution in [0.2, 0.25) is 0 Å². The summed E-state index contributed by atoms with van der Waals surface area (Å²) < 4.78 is 11.9. The monoisotopic (exact) mass is 506 g/mol. The largest absolute Gasteiger partial charge is 0.494 e. The summed E-state index contributed by atoms with van der Waals surface area (Å²) in [7, 11) is 0. The lowest BCUT2D eigenvalue weighted by atomic mass is 9.88. The van der Waals surface area contributed by atoms with E-state index in [0.717, 1.165) is 46.7 Å². The molecule has 2 aromatic carbocycles. The smallest absolute Gasteiger partial charge is 0.232 e. The molecule has 0 aliphatic carbocycles. The van der Waals surface area contributed by atoms with E-state index >= 15 is 0 Å². The van der Waals surface area contributed by atoms with Crippen molar-refractivity contribution in [1.29, 1.82) is 0 Å². The Balaban J connectivity index is 0.00000186. The Morgan fingerprint density at radius 3 is 2.57 bits per heavy atom. The number of benzene rings is 2. The van der Waals surface area contributed by atoms with Gasteiger partial charge in [0.15, 0.2) is 5.96 Å². The van der Waals surface area contributed by atoms with Crippen molar-refractivity contribution in [3.63, 3.8) is 0 Å². The Labute approximate surface area is 221 Å². The normalized spacial score (nSPS) is 19.7. The molecule has 0 aromatic heterocycles. The molecule has 37 heavy (non-hydrogen) atoms. The Hall–Kier alpha value is -3.48. The van der Waals surface area contributed by atoms with Crippen molar-refractivity contribution < 1.29 is 14.3 Å². The number of guanidine groups is 1. The molecule has 2 aliphatic rings. The molecule has 2 unspecified atom stereocenters. The van der Waals surface area contributed by atoms with Gasteiger partial charge in [0.2, 0.25) is 5.91 Å². The number of nitrogens with two attached hydrogens (primary N) is 1. The van der Waals surface area contributed by atoms with E-state index < -0.39 is 5.54 Å². The Bertz CT molecular complexity index is 1140. The third-order valence-corrected chi connectivity index (χ3v) is 7.13. The van der Waals surface area contributed by atoms with Gasteiger partial charge in [-0.2, -0.15) is 0 Å². The summed E-state index contributed by atoms with van der Waals surface area (Å²) in [4.78, 5) is 19.4. The van der Waals surface area contributed by atoms with Gasteiger partial charge in [-0.15, -0.1) is 0 Å². The lowest BCUT2D eigenvalue weighted by Gasteiger charge is -2.36. The first-order valence-electron chi connectivity index (χ1n) is 13.4. The highest BCUT2D eigenvalue weighted by molar-refractivity contribution is 5.99. The zero-order valence-corrected chi connectivity index (χ0v) is 23.1. The summed E-state index contributed by atoms with van der Waals surface area (Å²) in [5.41, 5.74) is 9.56. The minimum Gasteiger partial charge on any atom is -0.494 e. The van der Waals surface area contributed by atoms with E-state index in [0.29, 0.717) is 19.6 Å². The van der Waals surface area contributed by atoms with Gasteiger partial charge in [-0.3, -0.25) is 9.69 Å². The first kappa shape index (κ1) is 28.1. The molecule has 2 aromatic rings. The highest BCUT2D eigenvalue weighted by Gasteiger charge is 2.37. The van der Waals surface area contributed by atoms with E-state index in [2.05, 4.69) is 18.0 Å². The number of ether oxygens (including phenoxy) is 2. The maximum Gasteiger partial charge on any atom is 0.232 e. The lowest BCUT2D eigenvalue weighted by Crippen LogP contribution is -2.50. The van der Waals surface area contributed by atoms with Crippen LogP contribution >= 0.6 is 0 Å². The van der Waals surface area contributed by atoms with Gasteiger partial charge in [-0.1, -0.05) is 52.5 Å². The quantitative estimate of drug-likeness (QED) is 0.449. The van der Waals surface area contributed by atoms with Crippen molar-refractivity contribution in [2.45, 2.75) is 85.0 Å². The number of hydrogen-bond donors (Lipinski definition) is 2. The molecule has 0 saturated carbocycles. The molecule has 1 amide bonds. The molecule has 0 spiro atoms. The van der Waals surface area contributed by atoms with E-state index in [4.69, 9.17) is 20.2 Å². The molecule has 2 atom stereocenters. The lowest BCUT2D eigenvalue weighted by molar-refractivity contribution is -0.130. The minimum absolute atomic E-state index is 0.00335. The summed E-state index contributed by atoms with van der Waals surface area (Å²) in [5, 5.41) is 3.54. The average Bonchev–Trinajstić information content (AvgIpc) is 3.22. The number of rotatable bonds is 9. The first-order chi connectivity index (χ1) is 17.8. The number of fused-ring (bicyclic) bond motifs is 1. The molecule has 7 heteroatoms. The van der Waals surface area contributed by atoms with Crippen LogP contribution in [0.4, 0.5) is 0 Å². The average molecular weight is 507 g/mol. The fourth-order valence-corrected chi connectivity index (χ4v) is 4.86. The van der Waals surface area contributed by atoms with Gasteiger partial charge in [0.25, 0.3) is 0 Å². The number of amides is 1. The Morgan fingerprint density at radius 1 is 1.22 bits per heavy atom. The van der Waals surface area contributed by atoms with Gasteiger partial charge in [-0.25, -0.2) is 4.99 Å². The number of carbonyl (C=O) groups excluding carboxylic acids is 1.